The quantitative estimate of drug-likeness (QED) is 0.659. The van der Waals surface area contributed by atoms with Crippen molar-refractivity contribution in [2.24, 2.45) is 10.8 Å². The third-order valence-corrected chi connectivity index (χ3v) is 6.35. The van der Waals surface area contributed by atoms with E-state index in [0.29, 0.717) is 26.2 Å². The van der Waals surface area contributed by atoms with Crippen LogP contribution in [-0.2, 0) is 40.3 Å². The molecule has 2 aliphatic rings. The number of aromatic hydroxyl groups is 1. The van der Waals surface area contributed by atoms with Crippen molar-refractivity contribution < 1.29 is 33.6 Å². The largest absolute Gasteiger partial charge is 0.508 e. The number of rotatable bonds is 6. The van der Waals surface area contributed by atoms with E-state index in [2.05, 4.69) is 20.8 Å². The molecule has 7 nitrogen and oxygen atoms in total. The fourth-order valence-electron chi connectivity index (χ4n) is 4.81. The van der Waals surface area contributed by atoms with Crippen LogP contribution in [0.4, 0.5) is 0 Å². The number of phenols is 1. The molecule has 2 fully saturated rings. The maximum absolute atomic E-state index is 12.6. The summed E-state index contributed by atoms with van der Waals surface area (Å²) in [6.45, 7) is 14.4. The minimum Gasteiger partial charge on any atom is -0.508 e. The molecule has 0 aromatic heterocycles. The molecule has 1 N–H and O–H groups in total. The van der Waals surface area contributed by atoms with Crippen molar-refractivity contribution in [2.75, 3.05) is 40.0 Å². The van der Waals surface area contributed by atoms with Crippen molar-refractivity contribution in [3.8, 4) is 5.75 Å². The molecule has 0 saturated carbocycles. The van der Waals surface area contributed by atoms with Crippen LogP contribution in [-0.4, -0.2) is 57.2 Å². The van der Waals surface area contributed by atoms with Crippen LogP contribution in [0, 0.1) is 17.8 Å². The molecule has 7 heteroatoms. The van der Waals surface area contributed by atoms with E-state index in [1.54, 1.807) is 0 Å². The van der Waals surface area contributed by atoms with E-state index in [-0.39, 0.29) is 49.9 Å². The minimum absolute atomic E-state index is 0.134. The Morgan fingerprint density at radius 2 is 1.72 bits per heavy atom. The molecule has 0 bridgehead atoms. The fraction of sp³-hybridized carbons (Fsp3) is 0.720. The monoisotopic (exact) mass is 450 g/mol. The molecule has 180 valence electrons. The first-order valence-electron chi connectivity index (χ1n) is 11.3. The zero-order valence-corrected chi connectivity index (χ0v) is 20.3. The molecule has 1 aromatic carbocycles. The summed E-state index contributed by atoms with van der Waals surface area (Å²) < 4.78 is 28.3. The molecule has 32 heavy (non-hydrogen) atoms. The van der Waals surface area contributed by atoms with Crippen LogP contribution >= 0.6 is 0 Å². The van der Waals surface area contributed by atoms with E-state index in [1.807, 2.05) is 32.9 Å². The van der Waals surface area contributed by atoms with Gasteiger partial charge in [0.05, 0.1) is 37.9 Å². The van der Waals surface area contributed by atoms with Gasteiger partial charge in [-0.2, -0.15) is 0 Å². The first-order valence-corrected chi connectivity index (χ1v) is 11.3. The Morgan fingerprint density at radius 3 is 2.34 bits per heavy atom. The molecule has 0 amide bonds. The number of carbonyl (C=O) groups is 1. The minimum atomic E-state index is -0.435. The van der Waals surface area contributed by atoms with Gasteiger partial charge in [-0.05, 0) is 41.5 Å². The van der Waals surface area contributed by atoms with E-state index in [4.69, 9.17) is 23.7 Å². The van der Waals surface area contributed by atoms with Crippen LogP contribution in [0.15, 0.2) is 12.1 Å². The van der Waals surface area contributed by atoms with Crippen LogP contribution in [0.1, 0.15) is 57.7 Å². The Morgan fingerprint density at radius 1 is 1.09 bits per heavy atom. The first-order chi connectivity index (χ1) is 14.9. The number of carbonyl (C=O) groups excluding carboxylic acids is 1. The normalized spacial score (nSPS) is 21.5. The van der Waals surface area contributed by atoms with Crippen molar-refractivity contribution in [3.63, 3.8) is 0 Å². The number of phenolic OH excluding ortho intramolecular Hbond substituents is 1. The second-order valence-corrected chi connectivity index (χ2v) is 10.9. The van der Waals surface area contributed by atoms with E-state index in [1.165, 1.54) is 0 Å². The maximum Gasteiger partial charge on any atom is 0.306 e. The topological polar surface area (TPSA) is 83.5 Å². The predicted octanol–water partition coefficient (Wildman–Crippen LogP) is 3.86. The maximum atomic E-state index is 12.6. The van der Waals surface area contributed by atoms with Gasteiger partial charge in [0.1, 0.15) is 19.3 Å². The highest BCUT2D eigenvalue weighted by atomic mass is 16.7. The molecule has 0 radical (unpaired) electrons. The van der Waals surface area contributed by atoms with Gasteiger partial charge in [0.15, 0.2) is 0 Å². The fourth-order valence-corrected chi connectivity index (χ4v) is 4.81. The second-order valence-electron chi connectivity index (χ2n) is 10.9. The molecule has 1 aromatic rings. The van der Waals surface area contributed by atoms with Crippen molar-refractivity contribution in [3.05, 3.63) is 28.8 Å². The van der Waals surface area contributed by atoms with Gasteiger partial charge in [-0.15, -0.1) is 0 Å². The lowest BCUT2D eigenvalue weighted by Gasteiger charge is -2.50. The summed E-state index contributed by atoms with van der Waals surface area (Å²) >= 11 is 0. The van der Waals surface area contributed by atoms with Gasteiger partial charge in [-0.1, -0.05) is 40.7 Å². The van der Waals surface area contributed by atoms with Crippen LogP contribution in [0.5, 0.6) is 5.75 Å². The van der Waals surface area contributed by atoms with E-state index < -0.39 is 10.8 Å². The van der Waals surface area contributed by atoms with Gasteiger partial charge < -0.3 is 28.8 Å². The molecule has 1 unspecified atom stereocenters. The lowest BCUT2D eigenvalue weighted by atomic mass is 9.70. The van der Waals surface area contributed by atoms with E-state index >= 15 is 0 Å². The van der Waals surface area contributed by atoms with E-state index in [0.717, 1.165) is 16.7 Å². The molecule has 2 heterocycles. The van der Waals surface area contributed by atoms with Gasteiger partial charge >= 0.3 is 5.97 Å². The average Bonchev–Trinajstić information content (AvgIpc) is 2.73. The zero-order chi connectivity index (χ0) is 23.6. The number of benzene rings is 1. The highest BCUT2D eigenvalue weighted by Gasteiger charge is 2.52. The van der Waals surface area contributed by atoms with Crippen molar-refractivity contribution in [2.45, 2.75) is 65.9 Å². The molecular formula is C25H38O7. The van der Waals surface area contributed by atoms with Crippen LogP contribution in [0.25, 0.3) is 0 Å². The molecule has 0 aliphatic carbocycles. The molecule has 2 aliphatic heterocycles. The third kappa shape index (κ3) is 5.63. The van der Waals surface area contributed by atoms with Crippen molar-refractivity contribution >= 4 is 5.97 Å². The number of esters is 1. The lowest BCUT2D eigenvalue weighted by Crippen LogP contribution is -2.60. The first kappa shape index (κ1) is 25.0. The lowest BCUT2D eigenvalue weighted by molar-refractivity contribution is -0.299. The Labute approximate surface area is 191 Å². The highest BCUT2D eigenvalue weighted by Crippen LogP contribution is 2.42. The smallest absolute Gasteiger partial charge is 0.306 e. The predicted molar refractivity (Wildman–Crippen MR) is 120 cm³/mol. The third-order valence-electron chi connectivity index (χ3n) is 6.35. The van der Waals surface area contributed by atoms with Crippen molar-refractivity contribution in [1.29, 1.82) is 0 Å². The number of hydrogen-bond donors (Lipinski definition) is 1. The zero-order valence-electron chi connectivity index (χ0n) is 20.3. The molecule has 3 rings (SSSR count). The Kier molecular flexibility index (Phi) is 7.55. The highest BCUT2D eigenvalue weighted by molar-refractivity contribution is 5.70. The summed E-state index contributed by atoms with van der Waals surface area (Å²) in [5, 5.41) is 10.1. The standard InChI is InChI=1S/C25H38O7/c1-17-9-18(19(10-20(17)26)23(2,3)4)7-8-21(27)31-11-24(5,6)22-25(14-30-16-32-22)12-28-15-29-13-25/h9-10,22,26H,7-8,11-16H2,1-6H3. The van der Waals surface area contributed by atoms with Gasteiger partial charge in [-0.25, -0.2) is 0 Å². The molecular weight excluding hydrogens is 412 g/mol. The molecule has 1 atom stereocenters. The SMILES string of the molecule is Cc1cc(CCC(=O)OCC(C)(C)C2OCOCC23COCOC3)c(C(C)(C)C)cc1O. The molecule has 1 spiro atoms. The number of ether oxygens (including phenoxy) is 5. The summed E-state index contributed by atoms with van der Waals surface area (Å²) in [6.07, 6.45) is 0.617. The van der Waals surface area contributed by atoms with Gasteiger partial charge in [0.2, 0.25) is 0 Å². The summed E-state index contributed by atoms with van der Waals surface area (Å²) in [5.41, 5.74) is 1.94. The van der Waals surface area contributed by atoms with Gasteiger partial charge in [0.25, 0.3) is 0 Å². The van der Waals surface area contributed by atoms with Gasteiger partial charge in [0, 0.05) is 11.8 Å². The van der Waals surface area contributed by atoms with Crippen LogP contribution in [0.3, 0.4) is 0 Å². The number of hydrogen-bond acceptors (Lipinski definition) is 7. The summed E-state index contributed by atoms with van der Waals surface area (Å²) in [4.78, 5) is 12.6. The van der Waals surface area contributed by atoms with Crippen molar-refractivity contribution in [1.82, 2.24) is 0 Å². The van der Waals surface area contributed by atoms with Gasteiger partial charge in [-0.3, -0.25) is 4.79 Å². The van der Waals surface area contributed by atoms with Crippen LogP contribution < -0.4 is 0 Å². The Bertz CT molecular complexity index is 795. The summed E-state index contributed by atoms with van der Waals surface area (Å²) in [7, 11) is 0. The Hall–Kier alpha value is -1.67. The summed E-state index contributed by atoms with van der Waals surface area (Å²) in [6, 6.07) is 3.78. The second kappa shape index (κ2) is 9.67. The van der Waals surface area contributed by atoms with Crippen LogP contribution in [0.2, 0.25) is 0 Å². The Balaban J connectivity index is 1.62. The summed E-state index contributed by atoms with van der Waals surface area (Å²) in [5.74, 6) is 0.0324. The number of aryl methyl sites for hydroxylation is 2. The van der Waals surface area contributed by atoms with E-state index in [9.17, 15) is 9.90 Å². The molecule has 2 saturated heterocycles. The average molecular weight is 451 g/mol.